The van der Waals surface area contributed by atoms with Gasteiger partial charge >= 0.3 is 0 Å². The fraction of sp³-hybridized carbons (Fsp3) is 0. The molecule has 0 bridgehead atoms. The molecule has 0 aliphatic rings. The Kier molecular flexibility index (Phi) is 3.67. The molecule has 0 saturated carbocycles. The first-order chi connectivity index (χ1) is 9.08. The number of nitro benzene ring substituents is 1. The second-order valence-electron chi connectivity index (χ2n) is 3.45. The maximum Gasteiger partial charge on any atom is 0.282 e. The third-order valence-corrected chi connectivity index (χ3v) is 2.43. The predicted octanol–water partition coefficient (Wildman–Crippen LogP) is 2.29. The second kappa shape index (κ2) is 5.40. The number of anilines is 1. The van der Waals surface area contributed by atoms with Gasteiger partial charge in [0.05, 0.1) is 4.92 Å². The van der Waals surface area contributed by atoms with Crippen LogP contribution in [0.2, 0.25) is 5.15 Å². The van der Waals surface area contributed by atoms with Crippen molar-refractivity contribution in [2.24, 2.45) is 0 Å². The number of carbonyl (C=O) groups is 1. The molecule has 1 N–H and O–H groups in total. The van der Waals surface area contributed by atoms with Gasteiger partial charge in [0, 0.05) is 12.1 Å². The molecule has 19 heavy (non-hydrogen) atoms. The highest BCUT2D eigenvalue weighted by Crippen LogP contribution is 2.19. The van der Waals surface area contributed by atoms with Crippen molar-refractivity contribution in [3.63, 3.8) is 0 Å². The molecule has 0 fully saturated rings. The van der Waals surface area contributed by atoms with E-state index in [1.165, 1.54) is 36.7 Å². The molecule has 1 aromatic carbocycles. The van der Waals surface area contributed by atoms with Crippen LogP contribution in [0, 0.1) is 10.1 Å². The van der Waals surface area contributed by atoms with E-state index >= 15 is 0 Å². The monoisotopic (exact) mass is 278 g/mol. The highest BCUT2D eigenvalue weighted by atomic mass is 35.5. The van der Waals surface area contributed by atoms with Crippen molar-refractivity contribution in [3.8, 4) is 0 Å². The molecular formula is C11H7ClN4O3. The van der Waals surface area contributed by atoms with Gasteiger partial charge in [-0.1, -0.05) is 23.7 Å². The highest BCUT2D eigenvalue weighted by Gasteiger charge is 2.19. The lowest BCUT2D eigenvalue weighted by Crippen LogP contribution is -2.14. The summed E-state index contributed by atoms with van der Waals surface area (Å²) in [6, 6.07) is 6.97. The number of carbonyl (C=O) groups excluding carboxylic acids is 1. The molecule has 7 nitrogen and oxygen atoms in total. The van der Waals surface area contributed by atoms with Gasteiger partial charge in [-0.25, -0.2) is 9.97 Å². The van der Waals surface area contributed by atoms with Crippen LogP contribution in [0.4, 0.5) is 11.5 Å². The molecule has 1 amide bonds. The standard InChI is InChI=1S/C11H7ClN4O3/c12-9-5-10(14-6-13-9)15-11(17)7-3-1-2-4-8(7)16(18)19/h1-6H,(H,13,14,15,17). The zero-order valence-corrected chi connectivity index (χ0v) is 10.2. The number of benzene rings is 1. The van der Waals surface area contributed by atoms with Crippen molar-refractivity contribution in [1.82, 2.24) is 9.97 Å². The van der Waals surface area contributed by atoms with E-state index in [0.717, 1.165) is 0 Å². The summed E-state index contributed by atoms with van der Waals surface area (Å²) in [5.41, 5.74) is -0.331. The van der Waals surface area contributed by atoms with E-state index in [0.29, 0.717) is 0 Å². The Morgan fingerprint density at radius 2 is 2.05 bits per heavy atom. The summed E-state index contributed by atoms with van der Waals surface area (Å²) in [4.78, 5) is 29.6. The fourth-order valence-corrected chi connectivity index (χ4v) is 1.56. The fourth-order valence-electron chi connectivity index (χ4n) is 1.41. The molecule has 0 aliphatic carbocycles. The Morgan fingerprint density at radius 1 is 1.32 bits per heavy atom. The Bertz CT molecular complexity index is 647. The molecule has 2 rings (SSSR count). The van der Waals surface area contributed by atoms with Gasteiger partial charge in [-0.3, -0.25) is 14.9 Å². The van der Waals surface area contributed by atoms with Gasteiger partial charge in [0.25, 0.3) is 11.6 Å². The number of para-hydroxylation sites is 1. The average Bonchev–Trinajstić information content (AvgIpc) is 2.38. The van der Waals surface area contributed by atoms with E-state index in [9.17, 15) is 14.9 Å². The first kappa shape index (κ1) is 12.9. The van der Waals surface area contributed by atoms with Crippen LogP contribution in [0.3, 0.4) is 0 Å². The first-order valence-electron chi connectivity index (χ1n) is 5.10. The zero-order valence-electron chi connectivity index (χ0n) is 9.41. The largest absolute Gasteiger partial charge is 0.306 e. The van der Waals surface area contributed by atoms with Crippen LogP contribution < -0.4 is 5.32 Å². The first-order valence-corrected chi connectivity index (χ1v) is 5.48. The minimum atomic E-state index is -0.637. The van der Waals surface area contributed by atoms with Gasteiger partial charge in [-0.2, -0.15) is 0 Å². The topological polar surface area (TPSA) is 98.0 Å². The molecule has 0 aliphatic heterocycles. The van der Waals surface area contributed by atoms with Crippen LogP contribution in [0.25, 0.3) is 0 Å². The molecule has 0 spiro atoms. The van der Waals surface area contributed by atoms with Crippen LogP contribution in [0.5, 0.6) is 0 Å². The maximum absolute atomic E-state index is 11.9. The Morgan fingerprint density at radius 3 is 2.74 bits per heavy atom. The molecule has 0 radical (unpaired) electrons. The number of hydrogen-bond acceptors (Lipinski definition) is 5. The Labute approximate surface area is 112 Å². The third kappa shape index (κ3) is 3.02. The van der Waals surface area contributed by atoms with Crippen molar-refractivity contribution >= 4 is 29.0 Å². The van der Waals surface area contributed by atoms with Crippen LogP contribution in [0.1, 0.15) is 10.4 Å². The number of nitro groups is 1. The van der Waals surface area contributed by atoms with E-state index in [-0.39, 0.29) is 22.2 Å². The number of halogens is 1. The molecule has 0 unspecified atom stereocenters. The molecule has 8 heteroatoms. The van der Waals surface area contributed by atoms with E-state index in [1.54, 1.807) is 0 Å². The normalized spacial score (nSPS) is 9.95. The molecule has 96 valence electrons. The average molecular weight is 279 g/mol. The number of nitrogens with one attached hydrogen (secondary N) is 1. The summed E-state index contributed by atoms with van der Waals surface area (Å²) in [7, 11) is 0. The van der Waals surface area contributed by atoms with E-state index in [2.05, 4.69) is 15.3 Å². The third-order valence-electron chi connectivity index (χ3n) is 2.22. The van der Waals surface area contributed by atoms with Gasteiger partial charge in [0.2, 0.25) is 0 Å². The molecule has 0 atom stereocenters. The highest BCUT2D eigenvalue weighted by molar-refractivity contribution is 6.29. The number of aromatic nitrogens is 2. The van der Waals surface area contributed by atoms with Gasteiger partial charge in [-0.05, 0) is 6.07 Å². The Balaban J connectivity index is 2.28. The summed E-state index contributed by atoms with van der Waals surface area (Å²) in [5, 5.41) is 13.4. The summed E-state index contributed by atoms with van der Waals surface area (Å²) in [5.74, 6) is -0.467. The number of amides is 1. The zero-order chi connectivity index (χ0) is 13.8. The molecular weight excluding hydrogens is 272 g/mol. The smallest absolute Gasteiger partial charge is 0.282 e. The minimum absolute atomic E-state index is 0.0535. The molecule has 0 saturated heterocycles. The van der Waals surface area contributed by atoms with Crippen molar-refractivity contribution in [2.75, 3.05) is 5.32 Å². The summed E-state index contributed by atoms with van der Waals surface area (Å²) in [6.45, 7) is 0. The quantitative estimate of drug-likeness (QED) is 0.527. The maximum atomic E-state index is 11.9. The van der Waals surface area contributed by atoms with E-state index < -0.39 is 10.8 Å². The molecule has 1 heterocycles. The minimum Gasteiger partial charge on any atom is -0.306 e. The number of rotatable bonds is 3. The summed E-state index contributed by atoms with van der Waals surface area (Å²) >= 11 is 5.65. The van der Waals surface area contributed by atoms with E-state index in [4.69, 9.17) is 11.6 Å². The van der Waals surface area contributed by atoms with Gasteiger partial charge < -0.3 is 5.32 Å². The second-order valence-corrected chi connectivity index (χ2v) is 3.84. The van der Waals surface area contributed by atoms with Gasteiger partial charge in [-0.15, -0.1) is 0 Å². The summed E-state index contributed by atoms with van der Waals surface area (Å²) in [6.07, 6.45) is 1.18. The lowest BCUT2D eigenvalue weighted by atomic mass is 10.1. The predicted molar refractivity (Wildman–Crippen MR) is 68.1 cm³/mol. The number of hydrogen-bond donors (Lipinski definition) is 1. The van der Waals surface area contributed by atoms with Gasteiger partial charge in [0.15, 0.2) is 0 Å². The van der Waals surface area contributed by atoms with Gasteiger partial charge in [0.1, 0.15) is 22.9 Å². The SMILES string of the molecule is O=C(Nc1cc(Cl)ncn1)c1ccccc1[N+](=O)[O-]. The lowest BCUT2D eigenvalue weighted by Gasteiger charge is -2.04. The molecule has 2 aromatic rings. The lowest BCUT2D eigenvalue weighted by molar-refractivity contribution is -0.385. The van der Waals surface area contributed by atoms with Crippen LogP contribution in [0.15, 0.2) is 36.7 Å². The van der Waals surface area contributed by atoms with Crippen molar-refractivity contribution < 1.29 is 9.72 Å². The van der Waals surface area contributed by atoms with Crippen molar-refractivity contribution in [1.29, 1.82) is 0 Å². The number of nitrogens with zero attached hydrogens (tertiary/aromatic N) is 3. The Hall–Kier alpha value is -2.54. The van der Waals surface area contributed by atoms with Crippen LogP contribution in [-0.4, -0.2) is 20.8 Å². The summed E-state index contributed by atoms with van der Waals surface area (Å²) < 4.78 is 0. The molecule has 1 aromatic heterocycles. The van der Waals surface area contributed by atoms with E-state index in [1.807, 2.05) is 0 Å². The van der Waals surface area contributed by atoms with Crippen molar-refractivity contribution in [2.45, 2.75) is 0 Å². The van der Waals surface area contributed by atoms with Crippen LogP contribution in [-0.2, 0) is 0 Å². The van der Waals surface area contributed by atoms with Crippen molar-refractivity contribution in [3.05, 3.63) is 57.5 Å². The van der Waals surface area contributed by atoms with Crippen LogP contribution >= 0.6 is 11.6 Å².